The van der Waals surface area contributed by atoms with Crippen molar-refractivity contribution in [3.63, 3.8) is 0 Å². The molecule has 0 saturated carbocycles. The highest BCUT2D eigenvalue weighted by Gasteiger charge is 1.95. The smallest absolute Gasteiger partial charge is 0.303 e. The van der Waals surface area contributed by atoms with E-state index in [1.807, 2.05) is 30.4 Å². The number of allylic oxidation sites excluding steroid dienone is 8. The molecule has 0 amide bonds. The molecule has 0 spiro atoms. The number of carboxylic acid groups (broad SMARTS) is 1. The van der Waals surface area contributed by atoms with E-state index in [1.165, 1.54) is 0 Å². The van der Waals surface area contributed by atoms with Gasteiger partial charge in [0.05, 0.1) is 6.10 Å². The summed E-state index contributed by atoms with van der Waals surface area (Å²) < 4.78 is 0. The fourth-order valence-electron chi connectivity index (χ4n) is 1.77. The van der Waals surface area contributed by atoms with E-state index >= 15 is 0 Å². The number of carboxylic acids is 1. The van der Waals surface area contributed by atoms with E-state index in [4.69, 9.17) is 5.11 Å². The molecule has 0 aliphatic heterocycles. The zero-order valence-electron chi connectivity index (χ0n) is 14.1. The molecule has 0 aromatic carbocycles. The lowest BCUT2D eigenvalue weighted by Gasteiger charge is -1.99. The summed E-state index contributed by atoms with van der Waals surface area (Å²) in [5.74, 6) is -0.763. The van der Waals surface area contributed by atoms with E-state index in [9.17, 15) is 9.90 Å². The van der Waals surface area contributed by atoms with Crippen molar-refractivity contribution in [3.8, 4) is 0 Å². The summed E-state index contributed by atoms with van der Waals surface area (Å²) in [4.78, 5) is 10.3. The largest absolute Gasteiger partial charge is 0.481 e. The molecule has 2 N–H and O–H groups in total. The first-order valence-electron chi connectivity index (χ1n) is 8.35. The predicted octanol–water partition coefficient (Wildman–Crippen LogP) is 4.96. The van der Waals surface area contributed by atoms with E-state index in [-0.39, 0.29) is 6.42 Å². The molecule has 0 unspecified atom stereocenters. The van der Waals surface area contributed by atoms with E-state index in [0.717, 1.165) is 25.7 Å². The third-order valence-corrected chi connectivity index (χ3v) is 3.00. The summed E-state index contributed by atoms with van der Waals surface area (Å²) in [7, 11) is 0. The highest BCUT2D eigenvalue weighted by Crippen LogP contribution is 2.01. The number of rotatable bonds is 13. The van der Waals surface area contributed by atoms with Gasteiger partial charge in [-0.1, -0.05) is 67.7 Å². The van der Waals surface area contributed by atoms with Gasteiger partial charge in [-0.15, -0.1) is 0 Å². The van der Waals surface area contributed by atoms with Crippen molar-refractivity contribution < 1.29 is 15.0 Å². The van der Waals surface area contributed by atoms with Crippen molar-refractivity contribution in [1.82, 2.24) is 0 Å². The number of aliphatic hydroxyl groups is 1. The van der Waals surface area contributed by atoms with Gasteiger partial charge in [-0.05, 0) is 38.5 Å². The van der Waals surface area contributed by atoms with Gasteiger partial charge in [-0.25, -0.2) is 0 Å². The van der Waals surface area contributed by atoms with Gasteiger partial charge < -0.3 is 10.2 Å². The van der Waals surface area contributed by atoms with Gasteiger partial charge >= 0.3 is 5.97 Å². The van der Waals surface area contributed by atoms with E-state index < -0.39 is 12.1 Å². The SMILES string of the molecule is CC/C=C/C/C=C/C/C=C/C=C/[C@@H](O)C/C=C/CCCC(=O)O. The minimum absolute atomic E-state index is 0.195. The molecule has 128 valence electrons. The van der Waals surface area contributed by atoms with Crippen LogP contribution in [0, 0.1) is 0 Å². The molecule has 3 nitrogen and oxygen atoms in total. The molecule has 0 aromatic rings. The maximum Gasteiger partial charge on any atom is 0.303 e. The van der Waals surface area contributed by atoms with E-state index in [0.29, 0.717) is 12.8 Å². The summed E-state index contributed by atoms with van der Waals surface area (Å²) in [5, 5.41) is 18.2. The van der Waals surface area contributed by atoms with Gasteiger partial charge in [0.2, 0.25) is 0 Å². The predicted molar refractivity (Wildman–Crippen MR) is 97.3 cm³/mol. The monoisotopic (exact) mass is 318 g/mol. The van der Waals surface area contributed by atoms with Crippen LogP contribution in [0.1, 0.15) is 51.9 Å². The summed E-state index contributed by atoms with van der Waals surface area (Å²) in [6, 6.07) is 0. The lowest BCUT2D eigenvalue weighted by atomic mass is 10.2. The Kier molecular flexibility index (Phi) is 15.2. The maximum absolute atomic E-state index is 10.3. The Bertz CT molecular complexity index is 428. The number of hydrogen-bond acceptors (Lipinski definition) is 2. The Hall–Kier alpha value is -1.87. The minimum Gasteiger partial charge on any atom is -0.481 e. The van der Waals surface area contributed by atoms with Gasteiger partial charge in [0.15, 0.2) is 0 Å². The summed E-state index contributed by atoms with van der Waals surface area (Å²) in [5.41, 5.74) is 0. The molecule has 0 radical (unpaired) electrons. The van der Waals surface area contributed by atoms with Crippen molar-refractivity contribution in [2.45, 2.75) is 58.0 Å². The van der Waals surface area contributed by atoms with Crippen LogP contribution >= 0.6 is 0 Å². The van der Waals surface area contributed by atoms with Crippen molar-refractivity contribution in [1.29, 1.82) is 0 Å². The maximum atomic E-state index is 10.3. The minimum atomic E-state index is -0.763. The second-order valence-corrected chi connectivity index (χ2v) is 5.20. The van der Waals surface area contributed by atoms with Gasteiger partial charge in [0.1, 0.15) is 0 Å². The van der Waals surface area contributed by atoms with Crippen LogP contribution in [0.15, 0.2) is 60.8 Å². The van der Waals surface area contributed by atoms with Crippen LogP contribution in [0.25, 0.3) is 0 Å². The zero-order chi connectivity index (χ0) is 17.2. The van der Waals surface area contributed by atoms with Crippen LogP contribution in [0.5, 0.6) is 0 Å². The standard InChI is InChI=1S/C20H30O3/c1-2-3-4-5-6-7-8-9-10-13-16-19(21)17-14-11-12-15-18-20(22)23/h3-4,6-7,9-11,13-14,16,19,21H,2,5,8,12,15,17-18H2,1H3,(H,22,23)/b4-3+,7-6+,10-9+,14-11+,16-13+/t19-/m1/s1. The van der Waals surface area contributed by atoms with Crippen LogP contribution < -0.4 is 0 Å². The molecule has 1 atom stereocenters. The third kappa shape index (κ3) is 18.1. The Labute approximate surface area is 140 Å². The average molecular weight is 318 g/mol. The first-order chi connectivity index (χ1) is 11.2. The molecular formula is C20H30O3. The molecular weight excluding hydrogens is 288 g/mol. The molecule has 0 aromatic heterocycles. The highest BCUT2D eigenvalue weighted by atomic mass is 16.4. The summed E-state index contributed by atoms with van der Waals surface area (Å²) in [6.07, 6.45) is 24.6. The lowest BCUT2D eigenvalue weighted by Crippen LogP contribution is -1.98. The lowest BCUT2D eigenvalue weighted by molar-refractivity contribution is -0.137. The van der Waals surface area contributed by atoms with Gasteiger partial charge in [0, 0.05) is 6.42 Å². The topological polar surface area (TPSA) is 57.5 Å². The first-order valence-corrected chi connectivity index (χ1v) is 8.35. The molecule has 23 heavy (non-hydrogen) atoms. The van der Waals surface area contributed by atoms with Crippen LogP contribution in [-0.4, -0.2) is 22.3 Å². The first kappa shape index (κ1) is 21.1. The molecule has 0 fully saturated rings. The Morgan fingerprint density at radius 1 is 0.957 bits per heavy atom. The molecule has 0 rings (SSSR count). The van der Waals surface area contributed by atoms with Crippen LogP contribution in [0.3, 0.4) is 0 Å². The quantitative estimate of drug-likeness (QED) is 0.286. The number of unbranched alkanes of at least 4 members (excludes halogenated alkanes) is 1. The number of aliphatic hydroxyl groups excluding tert-OH is 1. The fraction of sp³-hybridized carbons (Fsp3) is 0.450. The molecule has 0 aliphatic carbocycles. The zero-order valence-corrected chi connectivity index (χ0v) is 14.1. The normalized spacial score (nSPS) is 14.2. The van der Waals surface area contributed by atoms with Crippen LogP contribution in [0.4, 0.5) is 0 Å². The average Bonchev–Trinajstić information content (AvgIpc) is 2.52. The summed E-state index contributed by atoms with van der Waals surface area (Å²) in [6.45, 7) is 2.12. The van der Waals surface area contributed by atoms with Crippen LogP contribution in [0.2, 0.25) is 0 Å². The molecule has 0 bridgehead atoms. The van der Waals surface area contributed by atoms with Crippen molar-refractivity contribution in [2.75, 3.05) is 0 Å². The Balaban J connectivity index is 3.68. The molecule has 3 heteroatoms. The van der Waals surface area contributed by atoms with Gasteiger partial charge in [-0.2, -0.15) is 0 Å². The van der Waals surface area contributed by atoms with E-state index in [1.54, 1.807) is 6.08 Å². The van der Waals surface area contributed by atoms with Gasteiger partial charge in [0.25, 0.3) is 0 Å². The van der Waals surface area contributed by atoms with Crippen molar-refractivity contribution in [3.05, 3.63) is 60.8 Å². The van der Waals surface area contributed by atoms with Gasteiger partial charge in [-0.3, -0.25) is 4.79 Å². The molecule has 0 aliphatic rings. The Morgan fingerprint density at radius 2 is 1.65 bits per heavy atom. The highest BCUT2D eigenvalue weighted by molar-refractivity contribution is 5.66. The number of carbonyl (C=O) groups is 1. The van der Waals surface area contributed by atoms with Crippen molar-refractivity contribution in [2.24, 2.45) is 0 Å². The van der Waals surface area contributed by atoms with Crippen molar-refractivity contribution >= 4 is 5.97 Å². The summed E-state index contributed by atoms with van der Waals surface area (Å²) >= 11 is 0. The number of aliphatic carboxylic acids is 1. The second kappa shape index (κ2) is 16.5. The Morgan fingerprint density at radius 3 is 2.35 bits per heavy atom. The second-order valence-electron chi connectivity index (χ2n) is 5.20. The number of hydrogen-bond donors (Lipinski definition) is 2. The molecule has 0 saturated heterocycles. The molecule has 0 heterocycles. The fourth-order valence-corrected chi connectivity index (χ4v) is 1.77. The van der Waals surface area contributed by atoms with E-state index in [2.05, 4.69) is 31.2 Å². The van der Waals surface area contributed by atoms with Crippen LogP contribution in [-0.2, 0) is 4.79 Å². The third-order valence-electron chi connectivity index (χ3n) is 3.00.